The summed E-state index contributed by atoms with van der Waals surface area (Å²) >= 11 is 0. The van der Waals surface area contributed by atoms with Gasteiger partial charge in [0.05, 0.1) is 6.57 Å². The highest BCUT2D eigenvalue weighted by Gasteiger charge is 2.69. The van der Waals surface area contributed by atoms with Gasteiger partial charge in [-0.25, -0.2) is 4.85 Å². The average Bonchev–Trinajstić information content (AvgIpc) is 2.74. The molecule has 0 radical (unpaired) electrons. The third-order valence-corrected chi connectivity index (χ3v) is 12.3. The van der Waals surface area contributed by atoms with Crippen molar-refractivity contribution >= 4 is 11.6 Å². The van der Waals surface area contributed by atoms with Gasteiger partial charge in [-0.1, -0.05) is 67.0 Å². The summed E-state index contributed by atoms with van der Waals surface area (Å²) < 4.78 is 0. The number of hydrogen-bond donors (Lipinski definition) is 0. The molecular weight excluding hydrogens is 418 g/mol. The van der Waals surface area contributed by atoms with E-state index in [0.717, 1.165) is 25.7 Å². The van der Waals surface area contributed by atoms with E-state index in [-0.39, 0.29) is 45.0 Å². The molecule has 7 atom stereocenters. The Bertz CT molecular complexity index is 1090. The number of allylic oxidation sites excluding steroid dienone is 4. The Morgan fingerprint density at radius 3 is 2.21 bits per heavy atom. The number of hydrogen-bond acceptors (Lipinski definition) is 2. The second-order valence-electron chi connectivity index (χ2n) is 14.9. The van der Waals surface area contributed by atoms with Crippen LogP contribution in [0.5, 0.6) is 0 Å². The van der Waals surface area contributed by atoms with Gasteiger partial charge in [0.25, 0.3) is 0 Å². The number of Topliss-reactive ketones (excluding diaryl/α,β-unsaturated/α-hetero) is 1. The molecule has 34 heavy (non-hydrogen) atoms. The van der Waals surface area contributed by atoms with Gasteiger partial charge >= 0.3 is 0 Å². The lowest BCUT2D eigenvalue weighted by Gasteiger charge is -2.69. The lowest BCUT2D eigenvalue weighted by Crippen LogP contribution is -2.64. The van der Waals surface area contributed by atoms with Crippen molar-refractivity contribution in [3.8, 4) is 0 Å². The van der Waals surface area contributed by atoms with Crippen molar-refractivity contribution in [1.82, 2.24) is 0 Å². The predicted molar refractivity (Wildman–Crippen MR) is 136 cm³/mol. The van der Waals surface area contributed by atoms with Crippen molar-refractivity contribution in [3.05, 3.63) is 34.8 Å². The molecular formula is C31H43NO2. The van der Waals surface area contributed by atoms with Crippen LogP contribution in [0.4, 0.5) is 0 Å². The summed E-state index contributed by atoms with van der Waals surface area (Å²) in [5, 5.41) is 0. The third kappa shape index (κ3) is 2.75. The topological polar surface area (TPSA) is 38.5 Å². The zero-order valence-electron chi connectivity index (χ0n) is 22.6. The molecule has 184 valence electrons. The molecule has 3 saturated carbocycles. The van der Waals surface area contributed by atoms with Crippen LogP contribution in [0.3, 0.4) is 0 Å². The van der Waals surface area contributed by atoms with E-state index in [9.17, 15) is 9.59 Å². The van der Waals surface area contributed by atoms with Crippen LogP contribution in [-0.2, 0) is 9.59 Å². The van der Waals surface area contributed by atoms with Gasteiger partial charge in [-0.15, -0.1) is 0 Å². The molecule has 0 aromatic heterocycles. The van der Waals surface area contributed by atoms with E-state index in [1.165, 1.54) is 24.8 Å². The monoisotopic (exact) mass is 461 g/mol. The highest BCUT2D eigenvalue weighted by Crippen LogP contribution is 2.74. The number of carbonyl (C=O) groups is 2. The average molecular weight is 462 g/mol. The summed E-state index contributed by atoms with van der Waals surface area (Å²) in [6.07, 6.45) is 11.9. The van der Waals surface area contributed by atoms with Crippen LogP contribution in [-0.4, -0.2) is 11.6 Å². The number of ketones is 2. The number of nitrogens with zero attached hydrogens (tertiary/aromatic N) is 1. The van der Waals surface area contributed by atoms with E-state index in [1.54, 1.807) is 0 Å². The Kier molecular flexibility index (Phi) is 4.77. The molecule has 0 spiro atoms. The van der Waals surface area contributed by atoms with Crippen LogP contribution in [0.1, 0.15) is 100 Å². The maximum Gasteiger partial charge on any atom is 0.226 e. The molecule has 0 aromatic carbocycles. The SMILES string of the molecule is [C-]#[N+]C1=C[C@]2(C)C3=CC(=O)C4[C@@H]5CC(C)(C)CC[C@]5(C)CC[C@@]4(C)[C@]3(C)CC[C@H]2C(C)(C)C1=O. The molecule has 0 bridgehead atoms. The van der Waals surface area contributed by atoms with E-state index >= 15 is 0 Å². The maximum atomic E-state index is 14.2. The fourth-order valence-corrected chi connectivity index (χ4v) is 9.86. The van der Waals surface area contributed by atoms with Crippen molar-refractivity contribution < 1.29 is 9.59 Å². The van der Waals surface area contributed by atoms with E-state index in [2.05, 4.69) is 46.4 Å². The normalized spacial score (nSPS) is 48.9. The standard InChI is InChI=1S/C31H43NO2/c1-26(2)12-13-28(5)14-15-31(8)24(19(28)17-26)21(33)16-23-29(6)18-20(32-9)25(34)27(3,4)22(29)10-11-30(23,31)7/h16,18-19,22,24H,10-15,17H2,1-8H3/t19-,22-,24?,28+,29-,30+,31+/m0/s1. The molecule has 3 heteroatoms. The van der Waals surface area contributed by atoms with Gasteiger partial charge in [0.1, 0.15) is 0 Å². The Balaban J connectivity index is 1.69. The zero-order chi connectivity index (χ0) is 25.1. The largest absolute Gasteiger partial charge is 0.307 e. The van der Waals surface area contributed by atoms with Crippen LogP contribution >= 0.6 is 0 Å². The van der Waals surface area contributed by atoms with Gasteiger partial charge in [-0.2, -0.15) is 0 Å². The maximum absolute atomic E-state index is 14.2. The van der Waals surface area contributed by atoms with E-state index in [0.29, 0.717) is 11.7 Å². The molecule has 0 N–H and O–H groups in total. The number of rotatable bonds is 0. The summed E-state index contributed by atoms with van der Waals surface area (Å²) in [5.41, 5.74) is 0.814. The first kappa shape index (κ1) is 24.0. The van der Waals surface area contributed by atoms with Crippen LogP contribution in [0.15, 0.2) is 23.4 Å². The second kappa shape index (κ2) is 6.74. The number of carbonyl (C=O) groups excluding carboxylic acids is 2. The minimum absolute atomic E-state index is 0.0294. The van der Waals surface area contributed by atoms with Crippen molar-refractivity contribution in [1.29, 1.82) is 0 Å². The molecule has 0 saturated heterocycles. The van der Waals surface area contributed by atoms with Crippen LogP contribution in [0.2, 0.25) is 0 Å². The lowest BCUT2D eigenvalue weighted by atomic mass is 9.34. The summed E-state index contributed by atoms with van der Waals surface area (Å²) in [5.74, 6) is 0.910. The van der Waals surface area contributed by atoms with Crippen molar-refractivity contribution in [2.45, 2.75) is 100 Å². The quantitative estimate of drug-likeness (QED) is 0.349. The Labute approximate surface area is 206 Å². The van der Waals surface area contributed by atoms with Gasteiger partial charge in [-0.3, -0.25) is 4.79 Å². The highest BCUT2D eigenvalue weighted by molar-refractivity contribution is 6.03. The van der Waals surface area contributed by atoms with Gasteiger partial charge in [0, 0.05) is 16.7 Å². The first-order valence-corrected chi connectivity index (χ1v) is 13.5. The smallest absolute Gasteiger partial charge is 0.226 e. The molecule has 1 unspecified atom stereocenters. The summed E-state index contributed by atoms with van der Waals surface area (Å²) in [4.78, 5) is 31.0. The lowest BCUT2D eigenvalue weighted by molar-refractivity contribution is -0.168. The van der Waals surface area contributed by atoms with Crippen molar-refractivity contribution in [2.75, 3.05) is 0 Å². The van der Waals surface area contributed by atoms with Gasteiger partial charge in [0.15, 0.2) is 11.6 Å². The zero-order valence-corrected chi connectivity index (χ0v) is 22.6. The third-order valence-electron chi connectivity index (χ3n) is 12.3. The molecule has 3 nitrogen and oxygen atoms in total. The first-order chi connectivity index (χ1) is 15.6. The summed E-state index contributed by atoms with van der Waals surface area (Å²) in [6, 6.07) is 0. The van der Waals surface area contributed by atoms with E-state index in [4.69, 9.17) is 6.57 Å². The van der Waals surface area contributed by atoms with Gasteiger partial charge in [0.2, 0.25) is 5.70 Å². The molecule has 0 heterocycles. The summed E-state index contributed by atoms with van der Waals surface area (Å²) in [7, 11) is 0. The van der Waals surface area contributed by atoms with E-state index < -0.39 is 10.8 Å². The fraction of sp³-hybridized carbons (Fsp3) is 0.774. The van der Waals surface area contributed by atoms with E-state index in [1.807, 2.05) is 26.0 Å². The van der Waals surface area contributed by atoms with Gasteiger partial charge in [-0.05, 0) is 84.5 Å². The fourth-order valence-electron chi connectivity index (χ4n) is 9.86. The summed E-state index contributed by atoms with van der Waals surface area (Å²) in [6.45, 7) is 26.0. The minimum atomic E-state index is -0.592. The van der Waals surface area contributed by atoms with Gasteiger partial charge < -0.3 is 4.79 Å². The molecule has 5 aliphatic carbocycles. The van der Waals surface area contributed by atoms with Crippen molar-refractivity contribution in [3.63, 3.8) is 0 Å². The predicted octanol–water partition coefficient (Wildman–Crippen LogP) is 7.58. The Morgan fingerprint density at radius 1 is 0.912 bits per heavy atom. The second-order valence-corrected chi connectivity index (χ2v) is 14.9. The van der Waals surface area contributed by atoms with Crippen LogP contribution in [0.25, 0.3) is 4.85 Å². The molecule has 0 aliphatic heterocycles. The highest BCUT2D eigenvalue weighted by atomic mass is 16.1. The Hall–Kier alpha value is -1.69. The van der Waals surface area contributed by atoms with Crippen LogP contribution in [0, 0.1) is 56.8 Å². The first-order valence-electron chi connectivity index (χ1n) is 13.5. The molecule has 0 amide bonds. The van der Waals surface area contributed by atoms with Crippen LogP contribution < -0.4 is 0 Å². The minimum Gasteiger partial charge on any atom is -0.307 e. The Morgan fingerprint density at radius 2 is 1.56 bits per heavy atom. The molecule has 0 aromatic rings. The molecule has 3 fully saturated rings. The van der Waals surface area contributed by atoms with Crippen molar-refractivity contribution in [2.24, 2.45) is 50.2 Å². The molecule has 5 aliphatic rings. The number of fused-ring (bicyclic) bond motifs is 7. The molecule has 5 rings (SSSR count).